The largest absolute Gasteiger partial charge is 0.389 e. The maximum atomic E-state index is 9.86. The van der Waals surface area contributed by atoms with Gasteiger partial charge in [0.15, 0.2) is 5.76 Å². The van der Waals surface area contributed by atoms with E-state index in [0.29, 0.717) is 25.6 Å². The fraction of sp³-hybridized carbons (Fsp3) is 0.812. The molecule has 2 atom stereocenters. The Morgan fingerprint density at radius 3 is 2.81 bits per heavy atom. The normalized spacial score (nSPS) is 14.3. The molecule has 21 heavy (non-hydrogen) atoms. The zero-order valence-corrected chi connectivity index (χ0v) is 13.6. The van der Waals surface area contributed by atoms with Gasteiger partial charge in [0.2, 0.25) is 0 Å². The van der Waals surface area contributed by atoms with E-state index < -0.39 is 6.10 Å². The van der Waals surface area contributed by atoms with Crippen LogP contribution in [0.1, 0.15) is 51.0 Å². The topological polar surface area (TPSA) is 67.5 Å². The van der Waals surface area contributed by atoms with Crippen LogP contribution in [-0.2, 0) is 11.3 Å². The molecule has 5 nitrogen and oxygen atoms in total. The summed E-state index contributed by atoms with van der Waals surface area (Å²) in [6.45, 7) is 8.48. The first-order valence-electron chi connectivity index (χ1n) is 8.04. The number of hydrogen-bond donors (Lipinski definition) is 2. The highest BCUT2D eigenvalue weighted by atomic mass is 16.5. The number of aryl methyl sites for hydroxylation is 1. The maximum absolute atomic E-state index is 9.86. The summed E-state index contributed by atoms with van der Waals surface area (Å²) in [5.41, 5.74) is 0.869. The van der Waals surface area contributed by atoms with Gasteiger partial charge in [-0.3, -0.25) is 0 Å². The van der Waals surface area contributed by atoms with Gasteiger partial charge >= 0.3 is 0 Å². The highest BCUT2D eigenvalue weighted by Gasteiger charge is 2.09. The van der Waals surface area contributed by atoms with E-state index >= 15 is 0 Å². The number of nitrogens with zero attached hydrogens (tertiary/aromatic N) is 1. The molecule has 0 bridgehead atoms. The van der Waals surface area contributed by atoms with Gasteiger partial charge < -0.3 is 19.7 Å². The summed E-state index contributed by atoms with van der Waals surface area (Å²) in [5.74, 6) is 1.40. The van der Waals surface area contributed by atoms with E-state index in [1.54, 1.807) is 0 Å². The standard InChI is InChI=1S/C16H30N2O3/c1-4-6-7-14(5-2)11-20-12-15(19)9-17-10-16-8-13(3)18-21-16/h8,14-15,17,19H,4-7,9-12H2,1-3H3. The van der Waals surface area contributed by atoms with Crippen molar-refractivity contribution in [3.8, 4) is 0 Å². The Kier molecular flexibility index (Phi) is 9.30. The van der Waals surface area contributed by atoms with E-state index in [-0.39, 0.29) is 0 Å². The molecule has 122 valence electrons. The number of unbranched alkanes of at least 4 members (excludes halogenated alkanes) is 1. The van der Waals surface area contributed by atoms with Crippen molar-refractivity contribution in [3.63, 3.8) is 0 Å². The second kappa shape index (κ2) is 10.8. The van der Waals surface area contributed by atoms with Crippen LogP contribution in [0.5, 0.6) is 0 Å². The van der Waals surface area contributed by atoms with Crippen molar-refractivity contribution < 1.29 is 14.4 Å². The molecule has 2 unspecified atom stereocenters. The van der Waals surface area contributed by atoms with Crippen molar-refractivity contribution in [1.82, 2.24) is 10.5 Å². The van der Waals surface area contributed by atoms with E-state index in [0.717, 1.165) is 24.5 Å². The van der Waals surface area contributed by atoms with Gasteiger partial charge in [0.1, 0.15) is 0 Å². The third kappa shape index (κ3) is 8.19. The van der Waals surface area contributed by atoms with Crippen molar-refractivity contribution in [3.05, 3.63) is 17.5 Å². The monoisotopic (exact) mass is 298 g/mol. The lowest BCUT2D eigenvalue weighted by atomic mass is 10.0. The molecule has 0 aromatic carbocycles. The Labute approximate surface area is 128 Å². The predicted molar refractivity (Wildman–Crippen MR) is 83.1 cm³/mol. The molecule has 0 amide bonds. The van der Waals surface area contributed by atoms with E-state index in [1.807, 2.05) is 13.0 Å². The van der Waals surface area contributed by atoms with Gasteiger partial charge in [-0.25, -0.2) is 0 Å². The van der Waals surface area contributed by atoms with Gasteiger partial charge in [-0.05, 0) is 19.3 Å². The summed E-state index contributed by atoms with van der Waals surface area (Å²) >= 11 is 0. The van der Waals surface area contributed by atoms with Crippen LogP contribution in [0.15, 0.2) is 10.6 Å². The van der Waals surface area contributed by atoms with Crippen LogP contribution in [0.4, 0.5) is 0 Å². The number of ether oxygens (including phenoxy) is 1. The Bertz CT molecular complexity index is 368. The first-order chi connectivity index (χ1) is 10.2. The minimum Gasteiger partial charge on any atom is -0.389 e. The molecule has 0 radical (unpaired) electrons. The van der Waals surface area contributed by atoms with Crippen LogP contribution in [0.3, 0.4) is 0 Å². The number of nitrogens with one attached hydrogen (secondary N) is 1. The van der Waals surface area contributed by atoms with Gasteiger partial charge in [-0.2, -0.15) is 0 Å². The van der Waals surface area contributed by atoms with Crippen LogP contribution in [0.25, 0.3) is 0 Å². The molecule has 1 aromatic rings. The van der Waals surface area contributed by atoms with Crippen LogP contribution in [0, 0.1) is 12.8 Å². The van der Waals surface area contributed by atoms with Crippen LogP contribution in [0.2, 0.25) is 0 Å². The minimum atomic E-state index is -0.488. The van der Waals surface area contributed by atoms with E-state index in [9.17, 15) is 5.11 Å². The molecule has 5 heteroatoms. The van der Waals surface area contributed by atoms with Crippen molar-refractivity contribution in [2.45, 2.75) is 59.1 Å². The summed E-state index contributed by atoms with van der Waals surface area (Å²) in [6, 6.07) is 1.88. The van der Waals surface area contributed by atoms with E-state index in [1.165, 1.54) is 19.3 Å². The maximum Gasteiger partial charge on any atom is 0.150 e. The third-order valence-electron chi connectivity index (χ3n) is 3.56. The van der Waals surface area contributed by atoms with Crippen LogP contribution < -0.4 is 5.32 Å². The highest BCUT2D eigenvalue weighted by molar-refractivity contribution is 5.02. The molecule has 1 rings (SSSR count). The molecule has 1 heterocycles. The average Bonchev–Trinajstić information content (AvgIpc) is 2.88. The zero-order chi connectivity index (χ0) is 15.5. The summed E-state index contributed by atoms with van der Waals surface area (Å²) in [4.78, 5) is 0. The lowest BCUT2D eigenvalue weighted by Gasteiger charge is -2.17. The van der Waals surface area contributed by atoms with Gasteiger partial charge in [0, 0.05) is 19.2 Å². The first-order valence-corrected chi connectivity index (χ1v) is 8.04. The fourth-order valence-electron chi connectivity index (χ4n) is 2.19. The summed E-state index contributed by atoms with van der Waals surface area (Å²) in [7, 11) is 0. The molecular weight excluding hydrogens is 268 g/mol. The van der Waals surface area contributed by atoms with Gasteiger partial charge in [0.05, 0.1) is 24.9 Å². The Balaban J connectivity index is 2.06. The van der Waals surface area contributed by atoms with Gasteiger partial charge in [-0.15, -0.1) is 0 Å². The molecule has 1 aromatic heterocycles. The molecule has 0 aliphatic rings. The average molecular weight is 298 g/mol. The summed E-state index contributed by atoms with van der Waals surface area (Å²) < 4.78 is 10.7. The number of aliphatic hydroxyl groups excluding tert-OH is 1. The van der Waals surface area contributed by atoms with Crippen molar-refractivity contribution in [1.29, 1.82) is 0 Å². The first kappa shape index (κ1) is 18.1. The van der Waals surface area contributed by atoms with Crippen LogP contribution >= 0.6 is 0 Å². The number of aliphatic hydroxyl groups is 1. The third-order valence-corrected chi connectivity index (χ3v) is 3.56. The number of rotatable bonds is 12. The SMILES string of the molecule is CCCCC(CC)COCC(O)CNCc1cc(C)no1. The second-order valence-corrected chi connectivity index (χ2v) is 5.67. The summed E-state index contributed by atoms with van der Waals surface area (Å²) in [5, 5.41) is 16.8. The van der Waals surface area contributed by atoms with Gasteiger partial charge in [0.25, 0.3) is 0 Å². The Morgan fingerprint density at radius 2 is 2.19 bits per heavy atom. The van der Waals surface area contributed by atoms with Crippen molar-refractivity contribution >= 4 is 0 Å². The Morgan fingerprint density at radius 1 is 1.38 bits per heavy atom. The molecule has 0 aliphatic heterocycles. The van der Waals surface area contributed by atoms with Crippen LogP contribution in [-0.4, -0.2) is 36.1 Å². The number of hydrogen-bond acceptors (Lipinski definition) is 5. The van der Waals surface area contributed by atoms with Crippen molar-refractivity contribution in [2.24, 2.45) is 5.92 Å². The Hall–Kier alpha value is -0.910. The lowest BCUT2D eigenvalue weighted by Crippen LogP contribution is -2.30. The van der Waals surface area contributed by atoms with Crippen molar-refractivity contribution in [2.75, 3.05) is 19.8 Å². The minimum absolute atomic E-state index is 0.380. The molecule has 0 saturated carbocycles. The molecule has 2 N–H and O–H groups in total. The highest BCUT2D eigenvalue weighted by Crippen LogP contribution is 2.12. The van der Waals surface area contributed by atoms with E-state index in [4.69, 9.17) is 9.26 Å². The lowest BCUT2D eigenvalue weighted by molar-refractivity contribution is 0.0190. The quantitative estimate of drug-likeness (QED) is 0.621. The molecule has 0 spiro atoms. The number of aromatic nitrogens is 1. The molecule has 0 fully saturated rings. The van der Waals surface area contributed by atoms with Gasteiger partial charge in [-0.1, -0.05) is 38.3 Å². The molecular formula is C16H30N2O3. The zero-order valence-electron chi connectivity index (χ0n) is 13.6. The molecule has 0 aliphatic carbocycles. The van der Waals surface area contributed by atoms with E-state index in [2.05, 4.69) is 24.3 Å². The molecule has 0 saturated heterocycles. The predicted octanol–water partition coefficient (Wildman–Crippen LogP) is 2.67. The fourth-order valence-corrected chi connectivity index (χ4v) is 2.19. The summed E-state index contributed by atoms with van der Waals surface area (Å²) in [6.07, 6.45) is 4.34. The second-order valence-electron chi connectivity index (χ2n) is 5.67. The smallest absolute Gasteiger partial charge is 0.150 e.